The van der Waals surface area contributed by atoms with E-state index in [2.05, 4.69) is 13.8 Å². The van der Waals surface area contributed by atoms with Gasteiger partial charge in [-0.3, -0.25) is 14.2 Å². The maximum absolute atomic E-state index is 13.2. The number of unbranched alkanes of at least 4 members (excludes halogenated alkanes) is 28. The molecule has 0 bridgehead atoms. The first-order chi connectivity index (χ1) is 32.0. The SMILES string of the molecule is CCCCCCCCCCCCCCCCCC(=O)OC[C@H](COP(=O)([O-])O[C@@H]1CCCC[C@H]1O[C@H]1O[C@H](CO)[C@@H](O)[C@@H](O)[C@@H]1O)OC(=O)CCCCCCCCCCCCCCCCC.[Na+]. The molecule has 0 spiro atoms. The third kappa shape index (κ3) is 32.5. The van der Waals surface area contributed by atoms with Crippen molar-refractivity contribution in [3.63, 3.8) is 0 Å². The molecule has 390 valence electrons. The van der Waals surface area contributed by atoms with Crippen LogP contribution in [-0.2, 0) is 42.1 Å². The molecule has 0 aromatic rings. The number of aliphatic hydroxyl groups is 4. The predicted octanol–water partition coefficient (Wildman–Crippen LogP) is 7.60. The fraction of sp³-hybridized carbons (Fsp3) is 0.961. The van der Waals surface area contributed by atoms with Crippen LogP contribution in [0.1, 0.15) is 245 Å². The Labute approximate surface area is 428 Å². The molecule has 4 N–H and O–H groups in total. The number of hydrogen-bond acceptors (Lipinski definition) is 14. The van der Waals surface area contributed by atoms with Gasteiger partial charge in [0.2, 0.25) is 0 Å². The third-order valence-corrected chi connectivity index (χ3v) is 14.2. The van der Waals surface area contributed by atoms with Crippen molar-refractivity contribution in [2.24, 2.45) is 0 Å². The Hall–Kier alpha value is -0.190. The van der Waals surface area contributed by atoms with Gasteiger partial charge in [0.15, 0.2) is 12.4 Å². The average Bonchev–Trinajstić information content (AvgIpc) is 3.30. The minimum Gasteiger partial charge on any atom is -0.756 e. The Morgan fingerprint density at radius 1 is 0.582 bits per heavy atom. The zero-order valence-electron chi connectivity index (χ0n) is 42.5. The number of esters is 2. The standard InChI is InChI=1S/C51H97O14P.Na/c1-3-5-7-9-11-13-15-17-19-21-23-25-27-29-31-37-46(53)60-40-42(62-47(54)38-32-30-28-26-24-22-20-18-16-14-12-10-8-6-4-2)41-61-66(58,59)65-44-36-34-33-35-43(44)63-51-50(57)49(56)48(55)45(39-52)64-51;/h42-45,48-52,55-57H,3-41H2,1-2H3,(H,58,59);/q;+1/p-1/t42-,43-,44-,45-,48-,49-,50+,51+;/m1./s1. The van der Waals surface area contributed by atoms with Gasteiger partial charge in [-0.2, -0.15) is 0 Å². The van der Waals surface area contributed by atoms with Crippen LogP contribution in [0.25, 0.3) is 0 Å². The molecule has 1 saturated heterocycles. The first-order valence-electron chi connectivity index (χ1n) is 27.0. The van der Waals surface area contributed by atoms with Crippen molar-refractivity contribution in [3.05, 3.63) is 0 Å². The molecule has 14 nitrogen and oxygen atoms in total. The van der Waals surface area contributed by atoms with E-state index in [0.717, 1.165) is 38.5 Å². The van der Waals surface area contributed by atoms with Gasteiger partial charge in [-0.15, -0.1) is 0 Å². The summed E-state index contributed by atoms with van der Waals surface area (Å²) in [6, 6.07) is 0. The molecule has 1 aliphatic carbocycles. The largest absolute Gasteiger partial charge is 1.00 e. The van der Waals surface area contributed by atoms with Crippen molar-refractivity contribution < 1.29 is 97.0 Å². The maximum Gasteiger partial charge on any atom is 1.00 e. The van der Waals surface area contributed by atoms with Crippen molar-refractivity contribution in [3.8, 4) is 0 Å². The molecular formula is C51H96NaO14P. The molecule has 2 rings (SSSR count). The predicted molar refractivity (Wildman–Crippen MR) is 255 cm³/mol. The number of aliphatic hydroxyl groups excluding tert-OH is 4. The van der Waals surface area contributed by atoms with E-state index in [0.29, 0.717) is 32.1 Å². The second-order valence-electron chi connectivity index (χ2n) is 19.2. The molecule has 2 aliphatic rings. The minimum absolute atomic E-state index is 0. The summed E-state index contributed by atoms with van der Waals surface area (Å²) in [5.41, 5.74) is 0. The van der Waals surface area contributed by atoms with E-state index >= 15 is 0 Å². The van der Waals surface area contributed by atoms with Crippen molar-refractivity contribution in [1.29, 1.82) is 0 Å². The molecule has 67 heavy (non-hydrogen) atoms. The second-order valence-corrected chi connectivity index (χ2v) is 20.6. The molecule has 0 radical (unpaired) electrons. The number of hydrogen-bond donors (Lipinski definition) is 4. The van der Waals surface area contributed by atoms with E-state index in [9.17, 15) is 39.5 Å². The Kier molecular flexibility index (Phi) is 41.0. The zero-order valence-corrected chi connectivity index (χ0v) is 45.4. The van der Waals surface area contributed by atoms with Gasteiger partial charge >= 0.3 is 41.5 Å². The van der Waals surface area contributed by atoms with Gasteiger partial charge in [0.25, 0.3) is 7.82 Å². The van der Waals surface area contributed by atoms with Crippen LogP contribution in [0, 0.1) is 0 Å². The van der Waals surface area contributed by atoms with E-state index in [1.54, 1.807) is 0 Å². The average molecular weight is 987 g/mol. The normalized spacial score (nSPS) is 23.3. The molecular weight excluding hydrogens is 891 g/mol. The van der Waals surface area contributed by atoms with E-state index in [-0.39, 0.29) is 55.4 Å². The molecule has 1 saturated carbocycles. The summed E-state index contributed by atoms with van der Waals surface area (Å²) in [6.07, 6.45) is 27.8. The van der Waals surface area contributed by atoms with Crippen molar-refractivity contribution in [2.45, 2.75) is 294 Å². The number of phosphoric acid groups is 1. The van der Waals surface area contributed by atoms with Gasteiger partial charge in [0.05, 0.1) is 25.4 Å². The van der Waals surface area contributed by atoms with Crippen LogP contribution in [0.2, 0.25) is 0 Å². The van der Waals surface area contributed by atoms with Gasteiger partial charge in [0, 0.05) is 12.8 Å². The summed E-state index contributed by atoms with van der Waals surface area (Å²) in [5, 5.41) is 40.4. The third-order valence-electron chi connectivity index (χ3n) is 13.2. The Balaban J connectivity index is 0.0000224. The summed E-state index contributed by atoms with van der Waals surface area (Å²) >= 11 is 0. The first kappa shape index (κ1) is 64.8. The smallest absolute Gasteiger partial charge is 0.756 e. The van der Waals surface area contributed by atoms with Crippen LogP contribution in [-0.4, -0.2) is 101 Å². The van der Waals surface area contributed by atoms with Gasteiger partial charge in [0.1, 0.15) is 31.0 Å². The Morgan fingerprint density at radius 3 is 1.42 bits per heavy atom. The van der Waals surface area contributed by atoms with Crippen LogP contribution >= 0.6 is 7.82 Å². The molecule has 0 aromatic heterocycles. The topological polar surface area (TPSA) is 211 Å². The number of carbonyl (C=O) groups is 2. The molecule has 1 aliphatic heterocycles. The zero-order chi connectivity index (χ0) is 48.1. The van der Waals surface area contributed by atoms with E-state index < -0.39 is 82.0 Å². The molecule has 2 fully saturated rings. The van der Waals surface area contributed by atoms with E-state index in [4.69, 9.17) is 28.0 Å². The van der Waals surface area contributed by atoms with Crippen LogP contribution in [0.15, 0.2) is 0 Å². The van der Waals surface area contributed by atoms with Crippen LogP contribution < -0.4 is 34.5 Å². The number of phosphoric ester groups is 1. The molecule has 1 heterocycles. The van der Waals surface area contributed by atoms with Crippen LogP contribution in [0.5, 0.6) is 0 Å². The summed E-state index contributed by atoms with van der Waals surface area (Å²) in [5.74, 6) is -0.983. The molecule has 16 heteroatoms. The van der Waals surface area contributed by atoms with E-state index in [1.807, 2.05) is 0 Å². The first-order valence-corrected chi connectivity index (χ1v) is 28.4. The number of ether oxygens (including phenoxy) is 4. The summed E-state index contributed by atoms with van der Waals surface area (Å²) in [4.78, 5) is 38.9. The fourth-order valence-electron chi connectivity index (χ4n) is 8.96. The van der Waals surface area contributed by atoms with Gasteiger partial charge in [-0.1, -0.05) is 206 Å². The van der Waals surface area contributed by atoms with Crippen molar-refractivity contribution in [2.75, 3.05) is 19.8 Å². The van der Waals surface area contributed by atoms with Gasteiger partial charge < -0.3 is 53.3 Å². The van der Waals surface area contributed by atoms with E-state index in [1.165, 1.54) is 141 Å². The molecule has 0 amide bonds. The second kappa shape index (κ2) is 42.3. The summed E-state index contributed by atoms with van der Waals surface area (Å²) < 4.78 is 46.3. The van der Waals surface area contributed by atoms with Crippen molar-refractivity contribution in [1.82, 2.24) is 0 Å². The van der Waals surface area contributed by atoms with Crippen LogP contribution in [0.3, 0.4) is 0 Å². The molecule has 0 aromatic carbocycles. The monoisotopic (exact) mass is 987 g/mol. The number of rotatable bonds is 43. The summed E-state index contributed by atoms with van der Waals surface area (Å²) in [6.45, 7) is 2.87. The fourth-order valence-corrected chi connectivity index (χ4v) is 9.94. The quantitative estimate of drug-likeness (QED) is 0.0201. The van der Waals surface area contributed by atoms with Gasteiger partial charge in [-0.05, 0) is 25.7 Å². The minimum atomic E-state index is -5.05. The van der Waals surface area contributed by atoms with Crippen LogP contribution in [0.4, 0.5) is 0 Å². The summed E-state index contributed by atoms with van der Waals surface area (Å²) in [7, 11) is -5.05. The molecule has 9 atom stereocenters. The Morgan fingerprint density at radius 2 is 0.985 bits per heavy atom. The number of carbonyl (C=O) groups excluding carboxylic acids is 2. The Bertz CT molecular complexity index is 1230. The molecule has 1 unspecified atom stereocenters. The maximum atomic E-state index is 13.2. The van der Waals surface area contributed by atoms with Gasteiger partial charge in [-0.25, -0.2) is 0 Å². The van der Waals surface area contributed by atoms with Crippen molar-refractivity contribution >= 4 is 19.8 Å².